The first kappa shape index (κ1) is 14.2. The molecule has 0 aromatic carbocycles. The van der Waals surface area contributed by atoms with E-state index in [1.165, 1.54) is 0 Å². The summed E-state index contributed by atoms with van der Waals surface area (Å²) in [5.41, 5.74) is 0.168. The van der Waals surface area contributed by atoms with Crippen LogP contribution in [0.5, 0.6) is 0 Å². The molecule has 1 aliphatic carbocycles. The molecule has 1 unspecified atom stereocenters. The van der Waals surface area contributed by atoms with Crippen LogP contribution in [0.4, 0.5) is 0 Å². The Morgan fingerprint density at radius 2 is 2.00 bits per heavy atom. The fourth-order valence-electron chi connectivity index (χ4n) is 1.82. The van der Waals surface area contributed by atoms with Gasteiger partial charge in [-0.05, 0) is 19.4 Å². The van der Waals surface area contributed by atoms with Crippen molar-refractivity contribution in [2.24, 2.45) is 10.8 Å². The summed E-state index contributed by atoms with van der Waals surface area (Å²) in [6.07, 6.45) is 13.4. The van der Waals surface area contributed by atoms with Crippen LogP contribution in [0.3, 0.4) is 0 Å². The highest BCUT2D eigenvalue weighted by Crippen LogP contribution is 2.34. The molecular weight excluding hydrogens is 222 g/mol. The molecule has 0 aromatic rings. The Balaban J connectivity index is 3.14. The van der Waals surface area contributed by atoms with Gasteiger partial charge in [0, 0.05) is 12.5 Å². The zero-order chi connectivity index (χ0) is 13.8. The smallest absolute Gasteiger partial charge is 0.233 e. The van der Waals surface area contributed by atoms with Gasteiger partial charge >= 0.3 is 0 Å². The van der Waals surface area contributed by atoms with Crippen LogP contribution in [0.15, 0.2) is 61.3 Å². The van der Waals surface area contributed by atoms with Crippen LogP contribution in [0.1, 0.15) is 13.8 Å². The predicted octanol–water partition coefficient (Wildman–Crippen LogP) is 3.17. The molecule has 1 amide bonds. The summed E-state index contributed by atoms with van der Waals surface area (Å²) in [5, 5.41) is 2.68. The van der Waals surface area contributed by atoms with Gasteiger partial charge in [-0.15, -0.1) is 13.2 Å². The fraction of sp³-hybridized carbons (Fsp3) is 0.312. The van der Waals surface area contributed by atoms with Crippen LogP contribution >= 0.6 is 0 Å². The summed E-state index contributed by atoms with van der Waals surface area (Å²) in [7, 11) is 1.64. The van der Waals surface area contributed by atoms with Crippen molar-refractivity contribution in [1.29, 1.82) is 0 Å². The quantitative estimate of drug-likeness (QED) is 0.755. The van der Waals surface area contributed by atoms with Crippen molar-refractivity contribution in [1.82, 2.24) is 5.32 Å². The number of allylic oxidation sites excluding steroid dienone is 6. The molecule has 0 bridgehead atoms. The van der Waals surface area contributed by atoms with Crippen LogP contribution in [0.25, 0.3) is 0 Å². The van der Waals surface area contributed by atoms with Crippen LogP contribution in [0.2, 0.25) is 0 Å². The molecule has 0 aromatic heterocycles. The van der Waals surface area contributed by atoms with Crippen LogP contribution in [-0.2, 0) is 4.79 Å². The monoisotopic (exact) mass is 243 g/mol. The van der Waals surface area contributed by atoms with Crippen molar-refractivity contribution >= 4 is 5.91 Å². The summed E-state index contributed by atoms with van der Waals surface area (Å²) in [5.74, 6) is -0.0245. The number of hydrogen-bond acceptors (Lipinski definition) is 1. The largest absolute Gasteiger partial charge is 0.358 e. The van der Waals surface area contributed by atoms with Gasteiger partial charge in [0.2, 0.25) is 5.91 Å². The Morgan fingerprint density at radius 1 is 1.39 bits per heavy atom. The van der Waals surface area contributed by atoms with Gasteiger partial charge in [0.05, 0.1) is 5.41 Å². The van der Waals surface area contributed by atoms with E-state index in [1.807, 2.05) is 56.4 Å². The lowest BCUT2D eigenvalue weighted by molar-refractivity contribution is -0.125. The van der Waals surface area contributed by atoms with Crippen molar-refractivity contribution in [3.8, 4) is 0 Å². The summed E-state index contributed by atoms with van der Waals surface area (Å²) in [6, 6.07) is 0. The van der Waals surface area contributed by atoms with Gasteiger partial charge in [0.15, 0.2) is 0 Å². The molecule has 0 radical (unpaired) electrons. The topological polar surface area (TPSA) is 29.1 Å². The molecule has 1 atom stereocenters. The third-order valence-electron chi connectivity index (χ3n) is 3.51. The summed E-state index contributed by atoms with van der Waals surface area (Å²) in [4.78, 5) is 11.9. The maximum absolute atomic E-state index is 11.9. The molecule has 0 spiro atoms. The molecule has 1 N–H and O–H groups in total. The number of hydrogen-bond donors (Lipinski definition) is 1. The van der Waals surface area contributed by atoms with Gasteiger partial charge in [0.25, 0.3) is 0 Å². The minimum Gasteiger partial charge on any atom is -0.358 e. The summed E-state index contributed by atoms with van der Waals surface area (Å²) >= 11 is 0. The molecule has 18 heavy (non-hydrogen) atoms. The third kappa shape index (κ3) is 2.53. The van der Waals surface area contributed by atoms with E-state index in [-0.39, 0.29) is 11.3 Å². The van der Waals surface area contributed by atoms with Crippen LogP contribution in [0, 0.1) is 10.8 Å². The lowest BCUT2D eigenvalue weighted by Gasteiger charge is -2.23. The molecule has 2 heteroatoms. The van der Waals surface area contributed by atoms with E-state index >= 15 is 0 Å². The van der Waals surface area contributed by atoms with Gasteiger partial charge < -0.3 is 5.32 Å². The second kappa shape index (κ2) is 5.21. The first-order valence-corrected chi connectivity index (χ1v) is 6.00. The summed E-state index contributed by atoms with van der Waals surface area (Å²) < 4.78 is 0. The van der Waals surface area contributed by atoms with E-state index in [1.54, 1.807) is 7.05 Å². The average Bonchev–Trinajstić information content (AvgIpc) is 2.60. The number of rotatable bonds is 4. The number of amides is 1. The van der Waals surface area contributed by atoms with Crippen LogP contribution < -0.4 is 5.32 Å². The second-order valence-corrected chi connectivity index (χ2v) is 4.87. The molecule has 0 aliphatic heterocycles. The van der Waals surface area contributed by atoms with Gasteiger partial charge in [-0.2, -0.15) is 0 Å². The van der Waals surface area contributed by atoms with Crippen molar-refractivity contribution in [3.63, 3.8) is 0 Å². The first-order chi connectivity index (χ1) is 8.41. The Morgan fingerprint density at radius 3 is 2.50 bits per heavy atom. The molecule has 2 nitrogen and oxygen atoms in total. The highest BCUT2D eigenvalue weighted by atomic mass is 16.2. The lowest BCUT2D eigenvalue weighted by atomic mass is 9.81. The van der Waals surface area contributed by atoms with E-state index < -0.39 is 5.41 Å². The van der Waals surface area contributed by atoms with Gasteiger partial charge in [-0.1, -0.05) is 42.5 Å². The highest BCUT2D eigenvalue weighted by Gasteiger charge is 2.28. The molecule has 0 fully saturated rings. The fourth-order valence-corrected chi connectivity index (χ4v) is 1.82. The minimum atomic E-state index is -0.615. The number of carbonyl (C=O) groups excluding carboxylic acids is 1. The van der Waals surface area contributed by atoms with E-state index in [9.17, 15) is 4.79 Å². The Labute approximate surface area is 109 Å². The predicted molar refractivity (Wildman–Crippen MR) is 77.0 cm³/mol. The molecule has 0 saturated heterocycles. The molecule has 1 rings (SSSR count). The second-order valence-electron chi connectivity index (χ2n) is 4.87. The number of nitrogens with one attached hydrogen (secondary N) is 1. The SMILES string of the molecule is C=CC(C)(C=C)C1=CC=CC(C)(C(=O)NC)C=C1. The first-order valence-electron chi connectivity index (χ1n) is 6.00. The normalized spacial score (nSPS) is 22.9. The Hall–Kier alpha value is -1.83. The maximum Gasteiger partial charge on any atom is 0.233 e. The van der Waals surface area contributed by atoms with Crippen molar-refractivity contribution in [3.05, 3.63) is 61.3 Å². The van der Waals surface area contributed by atoms with Crippen molar-refractivity contribution < 1.29 is 4.79 Å². The van der Waals surface area contributed by atoms with Gasteiger partial charge in [-0.3, -0.25) is 4.79 Å². The van der Waals surface area contributed by atoms with Gasteiger partial charge in [0.1, 0.15) is 0 Å². The average molecular weight is 243 g/mol. The zero-order valence-electron chi connectivity index (χ0n) is 11.4. The van der Waals surface area contributed by atoms with E-state index in [4.69, 9.17) is 0 Å². The Kier molecular flexibility index (Phi) is 4.12. The molecular formula is C16H21NO. The lowest BCUT2D eigenvalue weighted by Crippen LogP contribution is -2.33. The molecule has 96 valence electrons. The van der Waals surface area contributed by atoms with E-state index in [2.05, 4.69) is 18.5 Å². The molecule has 0 saturated carbocycles. The summed E-state index contributed by atoms with van der Waals surface area (Å²) in [6.45, 7) is 11.6. The molecule has 0 heterocycles. The molecule has 1 aliphatic rings. The highest BCUT2D eigenvalue weighted by molar-refractivity contribution is 5.86. The Bertz CT molecular complexity index is 446. The van der Waals surface area contributed by atoms with Gasteiger partial charge in [-0.25, -0.2) is 0 Å². The minimum absolute atomic E-state index is 0.0245. The van der Waals surface area contributed by atoms with Crippen molar-refractivity contribution in [2.75, 3.05) is 7.05 Å². The van der Waals surface area contributed by atoms with Crippen molar-refractivity contribution in [2.45, 2.75) is 13.8 Å². The van der Waals surface area contributed by atoms with E-state index in [0.717, 1.165) is 5.57 Å². The number of carbonyl (C=O) groups is 1. The maximum atomic E-state index is 11.9. The standard InChI is InChI=1S/C16H21NO/c1-6-15(3,7-2)13-9-8-11-16(4,12-10-13)14(18)17-5/h6-12H,1-2H2,3-5H3,(H,17,18). The third-order valence-corrected chi connectivity index (χ3v) is 3.51. The van der Waals surface area contributed by atoms with E-state index in [0.29, 0.717) is 0 Å². The zero-order valence-corrected chi connectivity index (χ0v) is 11.4. The van der Waals surface area contributed by atoms with Crippen LogP contribution in [-0.4, -0.2) is 13.0 Å².